The number of fused-ring (bicyclic) bond motifs is 1. The number of rotatable bonds is 4. The lowest BCUT2D eigenvalue weighted by Crippen LogP contribution is -2.27. The van der Waals surface area contributed by atoms with E-state index in [-0.39, 0.29) is 5.91 Å². The Balaban J connectivity index is 1.42. The molecule has 1 fully saturated rings. The van der Waals surface area contributed by atoms with Crippen LogP contribution in [0.15, 0.2) is 41.6 Å². The van der Waals surface area contributed by atoms with Crippen LogP contribution in [0.2, 0.25) is 0 Å². The molecule has 0 spiro atoms. The second-order valence-electron chi connectivity index (χ2n) is 6.31. The fourth-order valence-electron chi connectivity index (χ4n) is 3.05. The molecule has 0 aliphatic carbocycles. The molecule has 2 heterocycles. The van der Waals surface area contributed by atoms with Gasteiger partial charge in [-0.25, -0.2) is 13.8 Å². The first-order chi connectivity index (χ1) is 12.6. The van der Waals surface area contributed by atoms with E-state index in [4.69, 9.17) is 0 Å². The van der Waals surface area contributed by atoms with E-state index >= 15 is 0 Å². The van der Waals surface area contributed by atoms with Gasteiger partial charge < -0.3 is 9.88 Å². The summed E-state index contributed by atoms with van der Waals surface area (Å²) in [4.78, 5) is 21.5. The first-order valence-electron chi connectivity index (χ1n) is 8.46. The normalized spacial score (nSPS) is 14.3. The molecule has 1 saturated heterocycles. The predicted molar refractivity (Wildman–Crippen MR) is 97.2 cm³/mol. The Labute approximate surface area is 153 Å². The first-order valence-corrected chi connectivity index (χ1v) is 9.44. The van der Waals surface area contributed by atoms with Crippen molar-refractivity contribution in [2.45, 2.75) is 23.8 Å². The number of thioether (sulfide) groups is 1. The van der Waals surface area contributed by atoms with Crippen molar-refractivity contribution < 1.29 is 13.6 Å². The number of imidazole rings is 1. The van der Waals surface area contributed by atoms with Gasteiger partial charge in [0.05, 0.1) is 11.0 Å². The average Bonchev–Trinajstić information content (AvgIpc) is 3.30. The molecule has 0 radical (unpaired) electrons. The lowest BCUT2D eigenvalue weighted by Gasteiger charge is -2.15. The molecule has 0 unspecified atom stereocenters. The van der Waals surface area contributed by atoms with Crippen molar-refractivity contribution >= 4 is 28.7 Å². The zero-order chi connectivity index (χ0) is 18.1. The van der Waals surface area contributed by atoms with Gasteiger partial charge in [-0.1, -0.05) is 23.9 Å². The zero-order valence-electron chi connectivity index (χ0n) is 14.0. The first kappa shape index (κ1) is 17.0. The van der Waals surface area contributed by atoms with Crippen LogP contribution in [0, 0.1) is 11.6 Å². The molecule has 1 aromatic heterocycles. The van der Waals surface area contributed by atoms with Crippen LogP contribution in [0.25, 0.3) is 11.0 Å². The minimum Gasteiger partial charge on any atom is -0.339 e. The largest absolute Gasteiger partial charge is 0.339 e. The van der Waals surface area contributed by atoms with Gasteiger partial charge in [-0.05, 0) is 30.5 Å². The maximum absolute atomic E-state index is 13.3. The lowest BCUT2D eigenvalue weighted by atomic mass is 10.1. The Morgan fingerprint density at radius 3 is 2.54 bits per heavy atom. The number of halogens is 2. The van der Waals surface area contributed by atoms with Crippen LogP contribution in [0.3, 0.4) is 0 Å². The Morgan fingerprint density at radius 1 is 1.12 bits per heavy atom. The van der Waals surface area contributed by atoms with Crippen molar-refractivity contribution in [3.05, 3.63) is 59.2 Å². The third-order valence-electron chi connectivity index (χ3n) is 4.47. The highest BCUT2D eigenvalue weighted by atomic mass is 32.2. The predicted octanol–water partition coefficient (Wildman–Crippen LogP) is 4.37. The van der Waals surface area contributed by atoms with Crippen LogP contribution >= 0.6 is 11.8 Å². The number of benzene rings is 2. The molecule has 2 aromatic carbocycles. The molecule has 1 N–H and O–H groups in total. The van der Waals surface area contributed by atoms with Gasteiger partial charge in [-0.15, -0.1) is 0 Å². The summed E-state index contributed by atoms with van der Waals surface area (Å²) in [5.74, 6) is -1.07. The van der Waals surface area contributed by atoms with Gasteiger partial charge in [0.1, 0.15) is 0 Å². The third kappa shape index (κ3) is 3.44. The number of carbonyl (C=O) groups excluding carboxylic acids is 1. The molecule has 4 rings (SSSR count). The highest BCUT2D eigenvalue weighted by Gasteiger charge is 2.19. The molecule has 1 amide bonds. The van der Waals surface area contributed by atoms with Crippen molar-refractivity contribution in [3.8, 4) is 0 Å². The monoisotopic (exact) mass is 373 g/mol. The number of aromatic amines is 1. The summed E-state index contributed by atoms with van der Waals surface area (Å²) in [6, 6.07) is 9.75. The van der Waals surface area contributed by atoms with Crippen molar-refractivity contribution in [2.75, 3.05) is 13.1 Å². The Hall–Kier alpha value is -2.41. The summed E-state index contributed by atoms with van der Waals surface area (Å²) in [6.07, 6.45) is 2.15. The van der Waals surface area contributed by atoms with E-state index in [1.807, 2.05) is 29.2 Å². The van der Waals surface area contributed by atoms with Crippen molar-refractivity contribution in [3.63, 3.8) is 0 Å². The lowest BCUT2D eigenvalue weighted by molar-refractivity contribution is 0.0793. The third-order valence-corrected chi connectivity index (χ3v) is 5.42. The molecule has 26 heavy (non-hydrogen) atoms. The van der Waals surface area contributed by atoms with Crippen molar-refractivity contribution in [2.24, 2.45) is 0 Å². The number of hydrogen-bond acceptors (Lipinski definition) is 3. The van der Waals surface area contributed by atoms with Crippen molar-refractivity contribution in [1.29, 1.82) is 0 Å². The van der Waals surface area contributed by atoms with Gasteiger partial charge in [0, 0.05) is 36.5 Å². The molecule has 0 saturated carbocycles. The maximum atomic E-state index is 13.3. The molecule has 134 valence electrons. The topological polar surface area (TPSA) is 49.0 Å². The molecule has 0 bridgehead atoms. The van der Waals surface area contributed by atoms with Crippen LogP contribution in [0.5, 0.6) is 0 Å². The van der Waals surface area contributed by atoms with E-state index in [0.29, 0.717) is 27.5 Å². The quantitative estimate of drug-likeness (QED) is 0.691. The van der Waals surface area contributed by atoms with Gasteiger partial charge >= 0.3 is 0 Å². The van der Waals surface area contributed by atoms with E-state index in [1.165, 1.54) is 11.8 Å². The fraction of sp³-hybridized carbons (Fsp3) is 0.263. The molecular weight excluding hydrogens is 356 g/mol. The van der Waals surface area contributed by atoms with Crippen LogP contribution in [0.4, 0.5) is 8.78 Å². The molecule has 1 aliphatic rings. The number of hydrogen-bond donors (Lipinski definition) is 1. The molecule has 0 atom stereocenters. The molecule has 3 aromatic rings. The summed E-state index contributed by atoms with van der Waals surface area (Å²) in [6.45, 7) is 1.67. The van der Waals surface area contributed by atoms with E-state index in [0.717, 1.165) is 43.6 Å². The smallest absolute Gasteiger partial charge is 0.253 e. The zero-order valence-corrected chi connectivity index (χ0v) is 14.8. The number of amides is 1. The van der Waals surface area contributed by atoms with Gasteiger partial charge in [0.2, 0.25) is 0 Å². The summed E-state index contributed by atoms with van der Waals surface area (Å²) in [7, 11) is 0. The molecule has 4 nitrogen and oxygen atoms in total. The summed E-state index contributed by atoms with van der Waals surface area (Å²) in [5.41, 5.74) is 2.62. The number of H-pyrrole nitrogens is 1. The summed E-state index contributed by atoms with van der Waals surface area (Å²) < 4.78 is 26.5. The van der Waals surface area contributed by atoms with Gasteiger partial charge in [-0.2, -0.15) is 0 Å². The molecular formula is C19H17F2N3OS. The Kier molecular flexibility index (Phi) is 4.63. The number of carbonyl (C=O) groups is 1. The minimum absolute atomic E-state index is 0.0861. The van der Waals surface area contributed by atoms with Crippen LogP contribution in [-0.2, 0) is 5.75 Å². The summed E-state index contributed by atoms with van der Waals surface area (Å²) >= 11 is 1.44. The number of aromatic nitrogens is 2. The van der Waals surface area contributed by atoms with E-state index in [9.17, 15) is 13.6 Å². The Morgan fingerprint density at radius 2 is 1.81 bits per heavy atom. The molecule has 1 aliphatic heterocycles. The molecule has 7 heteroatoms. The van der Waals surface area contributed by atoms with E-state index in [1.54, 1.807) is 0 Å². The number of nitrogens with one attached hydrogen (secondary N) is 1. The maximum Gasteiger partial charge on any atom is 0.253 e. The SMILES string of the molecule is O=C(c1ccc(CSc2nc3cc(F)c(F)cc3[nH]2)cc1)N1CCCC1. The average molecular weight is 373 g/mol. The highest BCUT2D eigenvalue weighted by molar-refractivity contribution is 7.98. The Bertz CT molecular complexity index is 910. The van der Waals surface area contributed by atoms with Crippen LogP contribution in [-0.4, -0.2) is 33.9 Å². The minimum atomic E-state index is -0.904. The fourth-order valence-corrected chi connectivity index (χ4v) is 3.89. The highest BCUT2D eigenvalue weighted by Crippen LogP contribution is 2.25. The standard InChI is InChI=1S/C19H17F2N3OS/c20-14-9-16-17(10-15(14)21)23-19(22-16)26-11-12-3-5-13(6-4-12)18(25)24-7-1-2-8-24/h3-6,9-10H,1-2,7-8,11H2,(H,22,23). The summed E-state index contributed by atoms with van der Waals surface area (Å²) in [5, 5.41) is 0.599. The second kappa shape index (κ2) is 7.07. The van der Waals surface area contributed by atoms with Crippen LogP contribution < -0.4 is 0 Å². The van der Waals surface area contributed by atoms with Gasteiger partial charge in [-0.3, -0.25) is 4.79 Å². The van der Waals surface area contributed by atoms with Crippen LogP contribution in [0.1, 0.15) is 28.8 Å². The number of nitrogens with zero attached hydrogens (tertiary/aromatic N) is 2. The van der Waals surface area contributed by atoms with E-state index in [2.05, 4.69) is 9.97 Å². The number of likely N-dealkylation sites (tertiary alicyclic amines) is 1. The van der Waals surface area contributed by atoms with E-state index < -0.39 is 11.6 Å². The van der Waals surface area contributed by atoms with Gasteiger partial charge in [0.25, 0.3) is 5.91 Å². The van der Waals surface area contributed by atoms with Crippen molar-refractivity contribution in [1.82, 2.24) is 14.9 Å². The second-order valence-corrected chi connectivity index (χ2v) is 7.27. The van der Waals surface area contributed by atoms with Gasteiger partial charge in [0.15, 0.2) is 16.8 Å².